The summed E-state index contributed by atoms with van der Waals surface area (Å²) in [5.41, 5.74) is 0. The third kappa shape index (κ3) is 6.92. The molecule has 0 fully saturated rings. The molecule has 0 bridgehead atoms. The van der Waals surface area contributed by atoms with Gasteiger partial charge in [-0.15, -0.1) is 0 Å². The molecule has 0 saturated heterocycles. The van der Waals surface area contributed by atoms with Crippen molar-refractivity contribution >= 4 is 15.9 Å². The Morgan fingerprint density at radius 3 is 2.68 bits per heavy atom. The second-order valence-corrected chi connectivity index (χ2v) is 6.17. The third-order valence-corrected chi connectivity index (χ3v) is 3.42. The maximum Gasteiger partial charge on any atom is 0.165 e. The second kappa shape index (κ2) is 8.54. The Morgan fingerprint density at radius 2 is 2.00 bits per heavy atom. The highest BCUT2D eigenvalue weighted by Crippen LogP contribution is 2.21. The first-order valence-corrected chi connectivity index (χ1v) is 7.59. The van der Waals surface area contributed by atoms with E-state index in [1.54, 1.807) is 12.1 Å². The third-order valence-electron chi connectivity index (χ3n) is 2.92. The van der Waals surface area contributed by atoms with Crippen LogP contribution in [-0.4, -0.2) is 19.2 Å². The summed E-state index contributed by atoms with van der Waals surface area (Å²) >= 11 is 3.30. The van der Waals surface area contributed by atoms with E-state index in [2.05, 4.69) is 42.0 Å². The van der Waals surface area contributed by atoms with Crippen LogP contribution in [-0.2, 0) is 0 Å². The molecule has 1 N–H and O–H groups in total. The van der Waals surface area contributed by atoms with Crippen LogP contribution in [0.4, 0.5) is 4.39 Å². The Kier molecular flexibility index (Phi) is 7.39. The molecule has 0 amide bonds. The van der Waals surface area contributed by atoms with E-state index in [1.165, 1.54) is 12.5 Å². The summed E-state index contributed by atoms with van der Waals surface area (Å²) in [6.07, 6.45) is 2.37. The van der Waals surface area contributed by atoms with E-state index in [0.717, 1.165) is 23.4 Å². The molecule has 0 aliphatic heterocycles. The van der Waals surface area contributed by atoms with Crippen molar-refractivity contribution in [3.05, 3.63) is 28.5 Å². The standard InChI is InChI=1S/C15H23BrFNO/c1-11(2)4-5-12(3)18-8-9-19-15-10-13(16)6-7-14(15)17/h6-7,10-12,18H,4-5,8-9H2,1-3H3. The number of nitrogens with one attached hydrogen (secondary N) is 1. The first-order valence-electron chi connectivity index (χ1n) is 6.80. The lowest BCUT2D eigenvalue weighted by Crippen LogP contribution is -2.30. The van der Waals surface area contributed by atoms with Gasteiger partial charge in [0, 0.05) is 17.1 Å². The zero-order valence-corrected chi connectivity index (χ0v) is 13.5. The maximum atomic E-state index is 13.4. The number of benzene rings is 1. The van der Waals surface area contributed by atoms with E-state index in [0.29, 0.717) is 18.4 Å². The summed E-state index contributed by atoms with van der Waals surface area (Å²) < 4.78 is 19.6. The molecule has 0 aromatic heterocycles. The quantitative estimate of drug-likeness (QED) is 0.713. The summed E-state index contributed by atoms with van der Waals surface area (Å²) in [4.78, 5) is 0. The van der Waals surface area contributed by atoms with Crippen LogP contribution < -0.4 is 10.1 Å². The molecule has 0 aliphatic rings. The smallest absolute Gasteiger partial charge is 0.165 e. The highest BCUT2D eigenvalue weighted by atomic mass is 79.9. The minimum Gasteiger partial charge on any atom is -0.489 e. The number of halogens is 2. The van der Waals surface area contributed by atoms with E-state index < -0.39 is 0 Å². The first-order chi connectivity index (χ1) is 8.99. The van der Waals surface area contributed by atoms with Gasteiger partial charge in [-0.1, -0.05) is 29.8 Å². The van der Waals surface area contributed by atoms with Crippen molar-refractivity contribution in [1.82, 2.24) is 5.32 Å². The van der Waals surface area contributed by atoms with Gasteiger partial charge in [0.15, 0.2) is 11.6 Å². The van der Waals surface area contributed by atoms with Gasteiger partial charge in [0.05, 0.1) is 0 Å². The van der Waals surface area contributed by atoms with Crippen molar-refractivity contribution < 1.29 is 9.13 Å². The van der Waals surface area contributed by atoms with E-state index >= 15 is 0 Å². The number of hydrogen-bond acceptors (Lipinski definition) is 2. The van der Waals surface area contributed by atoms with Gasteiger partial charge >= 0.3 is 0 Å². The summed E-state index contributed by atoms with van der Waals surface area (Å²) in [5.74, 6) is 0.707. The van der Waals surface area contributed by atoms with Crippen LogP contribution in [0.5, 0.6) is 5.75 Å². The summed E-state index contributed by atoms with van der Waals surface area (Å²) in [6.45, 7) is 7.82. The second-order valence-electron chi connectivity index (χ2n) is 5.25. The minimum absolute atomic E-state index is 0.297. The number of hydrogen-bond donors (Lipinski definition) is 1. The average Bonchev–Trinajstić information content (AvgIpc) is 2.36. The topological polar surface area (TPSA) is 21.3 Å². The zero-order chi connectivity index (χ0) is 14.3. The van der Waals surface area contributed by atoms with Gasteiger partial charge < -0.3 is 10.1 Å². The van der Waals surface area contributed by atoms with Crippen molar-refractivity contribution in [1.29, 1.82) is 0 Å². The summed E-state index contributed by atoms with van der Waals surface area (Å²) in [6, 6.07) is 5.18. The van der Waals surface area contributed by atoms with Crippen LogP contribution in [0.25, 0.3) is 0 Å². The van der Waals surface area contributed by atoms with Crippen LogP contribution in [0.3, 0.4) is 0 Å². The molecule has 0 saturated carbocycles. The minimum atomic E-state index is -0.323. The SMILES string of the molecule is CC(C)CCC(C)NCCOc1cc(Br)ccc1F. The molecule has 2 nitrogen and oxygen atoms in total. The normalized spacial score (nSPS) is 12.7. The molecule has 0 spiro atoms. The molecule has 1 rings (SSSR count). The van der Waals surface area contributed by atoms with E-state index in [4.69, 9.17) is 4.74 Å². The van der Waals surface area contributed by atoms with Gasteiger partial charge in [-0.3, -0.25) is 0 Å². The van der Waals surface area contributed by atoms with Crippen LogP contribution in [0.1, 0.15) is 33.6 Å². The van der Waals surface area contributed by atoms with Gasteiger partial charge in [-0.05, 0) is 43.9 Å². The molecule has 4 heteroatoms. The van der Waals surface area contributed by atoms with Crippen molar-refractivity contribution in [3.63, 3.8) is 0 Å². The van der Waals surface area contributed by atoms with E-state index in [-0.39, 0.29) is 5.82 Å². The fraction of sp³-hybridized carbons (Fsp3) is 0.600. The Hall–Kier alpha value is -0.610. The van der Waals surface area contributed by atoms with Crippen molar-refractivity contribution in [2.45, 2.75) is 39.7 Å². The molecule has 108 valence electrons. The van der Waals surface area contributed by atoms with Gasteiger partial charge in [-0.25, -0.2) is 4.39 Å². The summed E-state index contributed by atoms with van der Waals surface area (Å²) in [7, 11) is 0. The highest BCUT2D eigenvalue weighted by molar-refractivity contribution is 9.10. The molecule has 0 radical (unpaired) electrons. The number of rotatable bonds is 8. The van der Waals surface area contributed by atoms with Gasteiger partial charge in [0.2, 0.25) is 0 Å². The fourth-order valence-electron chi connectivity index (χ4n) is 1.74. The lowest BCUT2D eigenvalue weighted by atomic mass is 10.0. The average molecular weight is 332 g/mol. The Morgan fingerprint density at radius 1 is 1.26 bits per heavy atom. The Labute approximate surface area is 123 Å². The molecular formula is C15H23BrFNO. The Bertz CT molecular complexity index is 384. The van der Waals surface area contributed by atoms with Crippen LogP contribution in [0, 0.1) is 11.7 Å². The predicted octanol–water partition coefficient (Wildman–Crippen LogP) is 4.38. The van der Waals surface area contributed by atoms with E-state index in [1.807, 2.05) is 0 Å². The van der Waals surface area contributed by atoms with Crippen LogP contribution in [0.15, 0.2) is 22.7 Å². The zero-order valence-electron chi connectivity index (χ0n) is 11.9. The summed E-state index contributed by atoms with van der Waals surface area (Å²) in [5, 5.41) is 3.38. The van der Waals surface area contributed by atoms with Crippen LogP contribution in [0.2, 0.25) is 0 Å². The molecule has 1 atom stereocenters. The molecule has 0 aliphatic carbocycles. The van der Waals surface area contributed by atoms with Crippen molar-refractivity contribution in [2.24, 2.45) is 5.92 Å². The number of ether oxygens (including phenoxy) is 1. The monoisotopic (exact) mass is 331 g/mol. The van der Waals surface area contributed by atoms with Gasteiger partial charge in [-0.2, -0.15) is 0 Å². The van der Waals surface area contributed by atoms with Gasteiger partial charge in [0.25, 0.3) is 0 Å². The Balaban J connectivity index is 2.21. The molecule has 1 aromatic carbocycles. The highest BCUT2D eigenvalue weighted by Gasteiger charge is 2.05. The van der Waals surface area contributed by atoms with Crippen molar-refractivity contribution in [3.8, 4) is 5.75 Å². The van der Waals surface area contributed by atoms with Gasteiger partial charge in [0.1, 0.15) is 6.61 Å². The molecule has 19 heavy (non-hydrogen) atoms. The lowest BCUT2D eigenvalue weighted by molar-refractivity contribution is 0.289. The molecule has 1 aromatic rings. The van der Waals surface area contributed by atoms with Crippen LogP contribution >= 0.6 is 15.9 Å². The molecule has 1 unspecified atom stereocenters. The lowest BCUT2D eigenvalue weighted by Gasteiger charge is -2.15. The predicted molar refractivity (Wildman–Crippen MR) is 81.1 cm³/mol. The van der Waals surface area contributed by atoms with Crippen molar-refractivity contribution in [2.75, 3.05) is 13.2 Å². The van der Waals surface area contributed by atoms with E-state index in [9.17, 15) is 4.39 Å². The maximum absolute atomic E-state index is 13.4. The first kappa shape index (κ1) is 16.4. The molecular weight excluding hydrogens is 309 g/mol. The largest absolute Gasteiger partial charge is 0.489 e. The molecule has 0 heterocycles. The fourth-order valence-corrected chi connectivity index (χ4v) is 2.08.